The van der Waals surface area contributed by atoms with Crippen molar-refractivity contribution in [3.8, 4) is 11.6 Å². The van der Waals surface area contributed by atoms with Gasteiger partial charge in [0.05, 0.1) is 0 Å². The SMILES string of the molecule is C[C@H](CCc1ccccc1)NC(=O)Cc1nnc(-c2ccccn2)o1. The van der Waals surface area contributed by atoms with Crippen LogP contribution in [0.25, 0.3) is 11.6 Å². The van der Waals surface area contributed by atoms with Gasteiger partial charge in [0.25, 0.3) is 5.89 Å². The Hall–Kier alpha value is -3.02. The lowest BCUT2D eigenvalue weighted by Crippen LogP contribution is -2.34. The van der Waals surface area contributed by atoms with E-state index in [0.29, 0.717) is 11.6 Å². The van der Waals surface area contributed by atoms with E-state index in [1.807, 2.05) is 37.3 Å². The van der Waals surface area contributed by atoms with Crippen LogP contribution in [0.2, 0.25) is 0 Å². The van der Waals surface area contributed by atoms with Gasteiger partial charge in [-0.05, 0) is 37.5 Å². The van der Waals surface area contributed by atoms with E-state index < -0.39 is 0 Å². The average molecular weight is 336 g/mol. The first-order valence-corrected chi connectivity index (χ1v) is 8.28. The molecule has 6 nitrogen and oxygen atoms in total. The molecule has 6 heteroatoms. The summed E-state index contributed by atoms with van der Waals surface area (Å²) in [5.41, 5.74) is 1.86. The first-order valence-electron chi connectivity index (χ1n) is 8.28. The second-order valence-electron chi connectivity index (χ2n) is 5.89. The van der Waals surface area contributed by atoms with Crippen LogP contribution < -0.4 is 5.32 Å². The van der Waals surface area contributed by atoms with Crippen molar-refractivity contribution in [3.05, 3.63) is 66.2 Å². The fourth-order valence-electron chi connectivity index (χ4n) is 2.48. The summed E-state index contributed by atoms with van der Waals surface area (Å²) in [6.45, 7) is 1.99. The van der Waals surface area contributed by atoms with Crippen molar-refractivity contribution in [1.82, 2.24) is 20.5 Å². The lowest BCUT2D eigenvalue weighted by Gasteiger charge is -2.13. The van der Waals surface area contributed by atoms with Gasteiger partial charge in [0.2, 0.25) is 11.8 Å². The number of carbonyl (C=O) groups excluding carboxylic acids is 1. The molecule has 1 aromatic carbocycles. The molecule has 0 fully saturated rings. The minimum atomic E-state index is -0.128. The van der Waals surface area contributed by atoms with Crippen LogP contribution in [0.1, 0.15) is 24.8 Å². The zero-order chi connectivity index (χ0) is 17.5. The zero-order valence-corrected chi connectivity index (χ0v) is 14.1. The minimum absolute atomic E-state index is 0.0650. The van der Waals surface area contributed by atoms with E-state index in [0.717, 1.165) is 12.8 Å². The molecule has 128 valence electrons. The summed E-state index contributed by atoms with van der Waals surface area (Å²) in [5.74, 6) is 0.478. The number of pyridine rings is 1. The molecule has 0 radical (unpaired) electrons. The summed E-state index contributed by atoms with van der Waals surface area (Å²) in [4.78, 5) is 16.3. The van der Waals surface area contributed by atoms with Gasteiger partial charge in [0.1, 0.15) is 12.1 Å². The Kier molecular flexibility index (Phi) is 5.51. The molecule has 0 saturated heterocycles. The van der Waals surface area contributed by atoms with Crippen LogP contribution in [0.15, 0.2) is 59.1 Å². The van der Waals surface area contributed by atoms with Crippen molar-refractivity contribution in [3.63, 3.8) is 0 Å². The second-order valence-corrected chi connectivity index (χ2v) is 5.89. The molecule has 1 N–H and O–H groups in total. The lowest BCUT2D eigenvalue weighted by molar-refractivity contribution is -0.121. The molecule has 0 bridgehead atoms. The highest BCUT2D eigenvalue weighted by molar-refractivity contribution is 5.77. The number of hydrogen-bond donors (Lipinski definition) is 1. The first kappa shape index (κ1) is 16.8. The van der Waals surface area contributed by atoms with Gasteiger partial charge in [0, 0.05) is 12.2 Å². The molecule has 0 aliphatic carbocycles. The van der Waals surface area contributed by atoms with E-state index in [1.165, 1.54) is 5.56 Å². The molecule has 1 atom stereocenters. The number of benzene rings is 1. The topological polar surface area (TPSA) is 80.9 Å². The summed E-state index contributed by atoms with van der Waals surface area (Å²) in [7, 11) is 0. The molecule has 0 aliphatic rings. The van der Waals surface area contributed by atoms with Gasteiger partial charge < -0.3 is 9.73 Å². The minimum Gasteiger partial charge on any atom is -0.419 e. The second kappa shape index (κ2) is 8.19. The van der Waals surface area contributed by atoms with E-state index in [9.17, 15) is 4.79 Å². The van der Waals surface area contributed by atoms with E-state index >= 15 is 0 Å². The number of rotatable bonds is 7. The molecule has 0 saturated carbocycles. The monoisotopic (exact) mass is 336 g/mol. The van der Waals surface area contributed by atoms with E-state index in [-0.39, 0.29) is 24.3 Å². The molecule has 0 unspecified atom stereocenters. The number of nitrogens with one attached hydrogen (secondary N) is 1. The molecule has 0 aliphatic heterocycles. The molecular formula is C19H20N4O2. The Balaban J connectivity index is 1.48. The van der Waals surface area contributed by atoms with Gasteiger partial charge in [-0.1, -0.05) is 36.4 Å². The molecule has 0 spiro atoms. The van der Waals surface area contributed by atoms with Crippen LogP contribution in [-0.4, -0.2) is 27.1 Å². The standard InChI is InChI=1S/C19H20N4O2/c1-14(10-11-15-7-3-2-4-8-15)21-17(24)13-18-22-23-19(25-18)16-9-5-6-12-20-16/h2-9,12,14H,10-11,13H2,1H3,(H,21,24)/t14-/m1/s1. The zero-order valence-electron chi connectivity index (χ0n) is 14.1. The van der Waals surface area contributed by atoms with E-state index in [1.54, 1.807) is 12.3 Å². The third kappa shape index (κ3) is 4.97. The van der Waals surface area contributed by atoms with Crippen molar-refractivity contribution in [2.45, 2.75) is 32.2 Å². The quantitative estimate of drug-likeness (QED) is 0.717. The molecule has 3 aromatic rings. The smallest absolute Gasteiger partial charge is 0.266 e. The summed E-state index contributed by atoms with van der Waals surface area (Å²) < 4.78 is 5.51. The van der Waals surface area contributed by atoms with Crippen molar-refractivity contribution >= 4 is 5.91 Å². The van der Waals surface area contributed by atoms with Crippen molar-refractivity contribution in [2.24, 2.45) is 0 Å². The summed E-state index contributed by atoms with van der Waals surface area (Å²) in [6, 6.07) is 15.7. The van der Waals surface area contributed by atoms with Crippen LogP contribution in [0, 0.1) is 0 Å². The average Bonchev–Trinajstić information content (AvgIpc) is 3.10. The van der Waals surface area contributed by atoms with Crippen LogP contribution in [0.3, 0.4) is 0 Å². The highest BCUT2D eigenvalue weighted by Crippen LogP contribution is 2.14. The van der Waals surface area contributed by atoms with Gasteiger partial charge in [-0.3, -0.25) is 9.78 Å². The maximum Gasteiger partial charge on any atom is 0.266 e. The number of hydrogen-bond acceptors (Lipinski definition) is 5. The Morgan fingerprint density at radius 3 is 2.68 bits per heavy atom. The normalized spacial score (nSPS) is 11.9. The fourth-order valence-corrected chi connectivity index (χ4v) is 2.48. The predicted octanol–water partition coefficient (Wildman–Crippen LogP) is 2.81. The first-order chi connectivity index (χ1) is 12.2. The summed E-state index contributed by atoms with van der Waals surface area (Å²) in [6.07, 6.45) is 3.52. The molecule has 2 aromatic heterocycles. The Labute approximate surface area is 146 Å². The third-order valence-corrected chi connectivity index (χ3v) is 3.78. The predicted molar refractivity (Wildman–Crippen MR) is 93.6 cm³/mol. The molecule has 1 amide bonds. The highest BCUT2D eigenvalue weighted by atomic mass is 16.4. The summed E-state index contributed by atoms with van der Waals surface area (Å²) in [5, 5.41) is 10.8. The summed E-state index contributed by atoms with van der Waals surface area (Å²) >= 11 is 0. The van der Waals surface area contributed by atoms with Crippen molar-refractivity contribution in [1.29, 1.82) is 0 Å². The third-order valence-electron chi connectivity index (χ3n) is 3.78. The van der Waals surface area contributed by atoms with Gasteiger partial charge in [-0.2, -0.15) is 0 Å². The Morgan fingerprint density at radius 1 is 1.12 bits per heavy atom. The number of aromatic nitrogens is 3. The number of nitrogens with zero attached hydrogens (tertiary/aromatic N) is 3. The molecular weight excluding hydrogens is 316 g/mol. The number of aryl methyl sites for hydroxylation is 1. The van der Waals surface area contributed by atoms with Crippen molar-refractivity contribution < 1.29 is 9.21 Å². The highest BCUT2D eigenvalue weighted by Gasteiger charge is 2.14. The number of carbonyl (C=O) groups is 1. The van der Waals surface area contributed by atoms with Crippen LogP contribution in [-0.2, 0) is 17.6 Å². The maximum absolute atomic E-state index is 12.1. The number of amides is 1. The van der Waals surface area contributed by atoms with E-state index in [4.69, 9.17) is 4.42 Å². The van der Waals surface area contributed by atoms with Crippen LogP contribution in [0.4, 0.5) is 0 Å². The van der Waals surface area contributed by atoms with Gasteiger partial charge >= 0.3 is 0 Å². The van der Waals surface area contributed by atoms with Crippen LogP contribution in [0.5, 0.6) is 0 Å². The maximum atomic E-state index is 12.1. The Bertz CT molecular complexity index is 803. The van der Waals surface area contributed by atoms with Crippen molar-refractivity contribution in [2.75, 3.05) is 0 Å². The van der Waals surface area contributed by atoms with Crippen LogP contribution >= 0.6 is 0 Å². The fraction of sp³-hybridized carbons (Fsp3) is 0.263. The largest absolute Gasteiger partial charge is 0.419 e. The lowest BCUT2D eigenvalue weighted by atomic mass is 10.1. The van der Waals surface area contributed by atoms with Gasteiger partial charge in [-0.15, -0.1) is 10.2 Å². The van der Waals surface area contributed by atoms with Gasteiger partial charge in [0.15, 0.2) is 0 Å². The molecule has 2 heterocycles. The Morgan fingerprint density at radius 2 is 1.92 bits per heavy atom. The molecule has 25 heavy (non-hydrogen) atoms. The molecule has 3 rings (SSSR count). The van der Waals surface area contributed by atoms with E-state index in [2.05, 4.69) is 32.6 Å². The van der Waals surface area contributed by atoms with Gasteiger partial charge in [-0.25, -0.2) is 0 Å².